The van der Waals surface area contributed by atoms with Crippen LogP contribution in [0.3, 0.4) is 0 Å². The summed E-state index contributed by atoms with van der Waals surface area (Å²) in [5.74, 6) is 2.15. The average molecular weight is 294 g/mol. The molecule has 1 saturated carbocycles. The fraction of sp³-hybridized carbons (Fsp3) is 0.867. The predicted octanol–water partition coefficient (Wildman–Crippen LogP) is 1.49. The summed E-state index contributed by atoms with van der Waals surface area (Å²) in [5, 5.41) is 8.34. The summed E-state index contributed by atoms with van der Waals surface area (Å²) in [7, 11) is 0. The predicted molar refractivity (Wildman–Crippen MR) is 79.1 cm³/mol. The molecule has 1 saturated heterocycles. The van der Waals surface area contributed by atoms with Crippen molar-refractivity contribution in [2.45, 2.75) is 45.2 Å². The largest absolute Gasteiger partial charge is 0.424 e. The molecule has 3 rings (SSSR count). The fourth-order valence-electron chi connectivity index (χ4n) is 2.89. The zero-order valence-corrected chi connectivity index (χ0v) is 13.1. The first-order chi connectivity index (χ1) is 10.3. The zero-order valence-electron chi connectivity index (χ0n) is 13.1. The lowest BCUT2D eigenvalue weighted by Gasteiger charge is -2.39. The highest BCUT2D eigenvalue weighted by atomic mass is 16.5. The normalized spacial score (nSPS) is 24.6. The Kier molecular flexibility index (Phi) is 4.87. The van der Waals surface area contributed by atoms with Gasteiger partial charge < -0.3 is 9.15 Å². The maximum Gasteiger partial charge on any atom is 0.230 e. The molecular formula is C15H26N4O2. The second-order valence-electron chi connectivity index (χ2n) is 6.13. The maximum absolute atomic E-state index is 5.75. The molecule has 1 aromatic heterocycles. The maximum atomic E-state index is 5.75. The molecule has 0 unspecified atom stereocenters. The summed E-state index contributed by atoms with van der Waals surface area (Å²) in [6, 6.07) is 0.546. The van der Waals surface area contributed by atoms with Gasteiger partial charge in [-0.2, -0.15) is 0 Å². The van der Waals surface area contributed by atoms with E-state index in [1.807, 2.05) is 6.92 Å². The van der Waals surface area contributed by atoms with Crippen molar-refractivity contribution in [3.63, 3.8) is 0 Å². The molecule has 6 heteroatoms. The highest BCUT2D eigenvalue weighted by molar-refractivity contribution is 5.00. The van der Waals surface area contributed by atoms with Crippen LogP contribution in [0.4, 0.5) is 0 Å². The number of nitrogens with zero attached hydrogens (tertiary/aromatic N) is 4. The van der Waals surface area contributed by atoms with E-state index in [-0.39, 0.29) is 0 Å². The molecule has 2 aliphatic rings. The van der Waals surface area contributed by atoms with Gasteiger partial charge in [-0.3, -0.25) is 9.80 Å². The molecular weight excluding hydrogens is 268 g/mol. The Morgan fingerprint density at radius 2 is 2.14 bits per heavy atom. The Balaban J connectivity index is 1.45. The standard InChI is InChI=1S/C15H26N4O2/c1-3-20-9-8-19-7-6-18(10-12(19)2)11-14-16-17-15(21-14)13-4-5-13/h12-13H,3-11H2,1-2H3/t12-/m1/s1. The van der Waals surface area contributed by atoms with Gasteiger partial charge in [0.25, 0.3) is 0 Å². The molecule has 1 aromatic rings. The van der Waals surface area contributed by atoms with E-state index < -0.39 is 0 Å². The minimum atomic E-state index is 0.542. The number of hydrogen-bond donors (Lipinski definition) is 0. The van der Waals surface area contributed by atoms with E-state index in [1.165, 1.54) is 12.8 Å². The van der Waals surface area contributed by atoms with Crippen LogP contribution in [0.15, 0.2) is 4.42 Å². The Bertz CT molecular complexity index is 447. The third kappa shape index (κ3) is 4.02. The lowest BCUT2D eigenvalue weighted by Crippen LogP contribution is -2.52. The third-order valence-electron chi connectivity index (χ3n) is 4.34. The van der Waals surface area contributed by atoms with Crippen molar-refractivity contribution in [1.29, 1.82) is 0 Å². The van der Waals surface area contributed by atoms with Gasteiger partial charge in [-0.05, 0) is 26.7 Å². The molecule has 0 aromatic carbocycles. The molecule has 1 aliphatic carbocycles. The van der Waals surface area contributed by atoms with E-state index in [2.05, 4.69) is 26.9 Å². The quantitative estimate of drug-likeness (QED) is 0.710. The molecule has 6 nitrogen and oxygen atoms in total. The molecule has 2 heterocycles. The Morgan fingerprint density at radius 3 is 2.86 bits per heavy atom. The van der Waals surface area contributed by atoms with Crippen LogP contribution in [-0.2, 0) is 11.3 Å². The van der Waals surface area contributed by atoms with Crippen molar-refractivity contribution in [2.24, 2.45) is 0 Å². The van der Waals surface area contributed by atoms with Crippen molar-refractivity contribution in [2.75, 3.05) is 39.4 Å². The van der Waals surface area contributed by atoms with Crippen LogP contribution < -0.4 is 0 Å². The molecule has 21 heavy (non-hydrogen) atoms. The lowest BCUT2D eigenvalue weighted by molar-refractivity contribution is 0.0435. The van der Waals surface area contributed by atoms with Gasteiger partial charge >= 0.3 is 0 Å². The number of ether oxygens (including phenoxy) is 1. The Labute approximate surface area is 126 Å². The molecule has 0 bridgehead atoms. The summed E-state index contributed by atoms with van der Waals surface area (Å²) in [5.41, 5.74) is 0. The van der Waals surface area contributed by atoms with Gasteiger partial charge in [-0.15, -0.1) is 10.2 Å². The summed E-state index contributed by atoms with van der Waals surface area (Å²) < 4.78 is 11.2. The molecule has 0 amide bonds. The van der Waals surface area contributed by atoms with Crippen molar-refractivity contribution in [3.8, 4) is 0 Å². The Morgan fingerprint density at radius 1 is 1.29 bits per heavy atom. The highest BCUT2D eigenvalue weighted by Crippen LogP contribution is 2.39. The fourth-order valence-corrected chi connectivity index (χ4v) is 2.89. The minimum absolute atomic E-state index is 0.542. The van der Waals surface area contributed by atoms with Crippen molar-refractivity contribution in [3.05, 3.63) is 11.8 Å². The van der Waals surface area contributed by atoms with Crippen LogP contribution in [0.25, 0.3) is 0 Å². The SMILES string of the molecule is CCOCCN1CCN(Cc2nnc(C3CC3)o2)C[C@H]1C. The van der Waals surface area contributed by atoms with Crippen molar-refractivity contribution < 1.29 is 9.15 Å². The Hall–Kier alpha value is -0.980. The second-order valence-corrected chi connectivity index (χ2v) is 6.13. The van der Waals surface area contributed by atoms with Gasteiger partial charge in [0.2, 0.25) is 11.8 Å². The van der Waals surface area contributed by atoms with Crippen molar-refractivity contribution >= 4 is 0 Å². The highest BCUT2D eigenvalue weighted by Gasteiger charge is 2.30. The number of piperazine rings is 1. The van der Waals surface area contributed by atoms with E-state index in [9.17, 15) is 0 Å². The van der Waals surface area contributed by atoms with Gasteiger partial charge in [-0.25, -0.2) is 0 Å². The van der Waals surface area contributed by atoms with Crippen LogP contribution in [-0.4, -0.2) is 65.4 Å². The minimum Gasteiger partial charge on any atom is -0.424 e. The molecule has 0 N–H and O–H groups in total. The average Bonchev–Trinajstić information content (AvgIpc) is 3.22. The van der Waals surface area contributed by atoms with Crippen molar-refractivity contribution in [1.82, 2.24) is 20.0 Å². The van der Waals surface area contributed by atoms with E-state index in [1.54, 1.807) is 0 Å². The van der Waals surface area contributed by atoms with Crippen LogP contribution in [0.2, 0.25) is 0 Å². The number of aromatic nitrogens is 2. The first kappa shape index (κ1) is 14.9. The topological polar surface area (TPSA) is 54.6 Å². The van der Waals surface area contributed by atoms with E-state index in [0.29, 0.717) is 12.0 Å². The second kappa shape index (κ2) is 6.85. The monoisotopic (exact) mass is 294 g/mol. The summed E-state index contributed by atoms with van der Waals surface area (Å²) in [6.45, 7) is 10.9. The van der Waals surface area contributed by atoms with Gasteiger partial charge in [-0.1, -0.05) is 0 Å². The van der Waals surface area contributed by atoms with Gasteiger partial charge in [0.15, 0.2) is 0 Å². The van der Waals surface area contributed by atoms with Gasteiger partial charge in [0.05, 0.1) is 13.2 Å². The third-order valence-corrected chi connectivity index (χ3v) is 4.34. The van der Waals surface area contributed by atoms with Gasteiger partial charge in [0, 0.05) is 44.7 Å². The number of rotatable bonds is 7. The molecule has 118 valence electrons. The first-order valence-electron chi connectivity index (χ1n) is 8.12. The van der Waals surface area contributed by atoms with Crippen LogP contribution >= 0.6 is 0 Å². The van der Waals surface area contributed by atoms with Crippen LogP contribution in [0, 0.1) is 0 Å². The van der Waals surface area contributed by atoms with E-state index in [4.69, 9.17) is 9.15 Å². The summed E-state index contributed by atoms with van der Waals surface area (Å²) in [4.78, 5) is 4.90. The zero-order chi connectivity index (χ0) is 14.7. The van der Waals surface area contributed by atoms with Crippen LogP contribution in [0.1, 0.15) is 44.4 Å². The van der Waals surface area contributed by atoms with E-state index >= 15 is 0 Å². The van der Waals surface area contributed by atoms with E-state index in [0.717, 1.165) is 57.7 Å². The molecule has 1 atom stereocenters. The van der Waals surface area contributed by atoms with Gasteiger partial charge in [0.1, 0.15) is 0 Å². The molecule has 2 fully saturated rings. The number of hydrogen-bond acceptors (Lipinski definition) is 6. The summed E-state index contributed by atoms with van der Waals surface area (Å²) in [6.07, 6.45) is 2.41. The van der Waals surface area contributed by atoms with Crippen LogP contribution in [0.5, 0.6) is 0 Å². The smallest absolute Gasteiger partial charge is 0.230 e. The summed E-state index contributed by atoms with van der Waals surface area (Å²) >= 11 is 0. The first-order valence-corrected chi connectivity index (χ1v) is 8.12. The molecule has 0 spiro atoms. The molecule has 1 aliphatic heterocycles. The molecule has 0 radical (unpaired) electrons. The lowest BCUT2D eigenvalue weighted by atomic mass is 10.2.